The highest BCUT2D eigenvalue weighted by Gasteiger charge is 2.16. The van der Waals surface area contributed by atoms with E-state index in [1.54, 1.807) is 0 Å². The maximum Gasteiger partial charge on any atom is 0.224 e. The van der Waals surface area contributed by atoms with Gasteiger partial charge in [0.1, 0.15) is 0 Å². The highest BCUT2D eigenvalue weighted by molar-refractivity contribution is 6.01. The number of aromatic amines is 1. The van der Waals surface area contributed by atoms with Crippen molar-refractivity contribution in [1.29, 1.82) is 0 Å². The maximum absolute atomic E-state index is 12.0. The van der Waals surface area contributed by atoms with Crippen molar-refractivity contribution in [3.8, 4) is 0 Å². The second kappa shape index (κ2) is 6.77. The summed E-state index contributed by atoms with van der Waals surface area (Å²) in [7, 11) is 0. The molecule has 2 heterocycles. The largest absolute Gasteiger partial charge is 0.361 e. The SMILES string of the molecule is Cl.O=C(CCC1CCNC1)Nc1cccc2[nH]ccc12. The van der Waals surface area contributed by atoms with Crippen LogP contribution in [-0.4, -0.2) is 24.0 Å². The van der Waals surface area contributed by atoms with Gasteiger partial charge < -0.3 is 15.6 Å². The lowest BCUT2D eigenvalue weighted by Gasteiger charge is -2.09. The number of halogens is 1. The first kappa shape index (κ1) is 14.9. The summed E-state index contributed by atoms with van der Waals surface area (Å²) in [6.07, 6.45) is 4.67. The molecule has 3 N–H and O–H groups in total. The number of fused-ring (bicyclic) bond motifs is 1. The Bertz CT molecular complexity index is 575. The van der Waals surface area contributed by atoms with Crippen molar-refractivity contribution in [2.24, 2.45) is 5.92 Å². The number of anilines is 1. The lowest BCUT2D eigenvalue weighted by Crippen LogP contribution is -2.15. The quantitative estimate of drug-likeness (QED) is 0.812. The monoisotopic (exact) mass is 293 g/mol. The second-order valence-corrected chi connectivity index (χ2v) is 5.19. The van der Waals surface area contributed by atoms with E-state index in [1.807, 2.05) is 30.5 Å². The van der Waals surface area contributed by atoms with Crippen LogP contribution in [0.5, 0.6) is 0 Å². The molecule has 108 valence electrons. The number of nitrogens with one attached hydrogen (secondary N) is 3. The zero-order valence-electron chi connectivity index (χ0n) is 11.3. The second-order valence-electron chi connectivity index (χ2n) is 5.19. The Balaban J connectivity index is 0.00000147. The number of hydrogen-bond donors (Lipinski definition) is 3. The van der Waals surface area contributed by atoms with Crippen LogP contribution in [0.3, 0.4) is 0 Å². The number of rotatable bonds is 4. The molecular weight excluding hydrogens is 274 g/mol. The molecule has 4 nitrogen and oxygen atoms in total. The Morgan fingerprint density at radius 2 is 2.25 bits per heavy atom. The molecule has 1 amide bonds. The maximum atomic E-state index is 12.0. The number of aromatic nitrogens is 1. The van der Waals surface area contributed by atoms with Crippen LogP contribution < -0.4 is 10.6 Å². The molecule has 1 aromatic carbocycles. The fraction of sp³-hybridized carbons (Fsp3) is 0.400. The minimum atomic E-state index is 0. The molecule has 0 spiro atoms. The van der Waals surface area contributed by atoms with Gasteiger partial charge in [0.2, 0.25) is 5.91 Å². The van der Waals surface area contributed by atoms with Crippen molar-refractivity contribution in [3.63, 3.8) is 0 Å². The van der Waals surface area contributed by atoms with Gasteiger partial charge in [0.15, 0.2) is 0 Å². The van der Waals surface area contributed by atoms with E-state index >= 15 is 0 Å². The molecule has 0 aliphatic carbocycles. The van der Waals surface area contributed by atoms with E-state index in [9.17, 15) is 4.79 Å². The van der Waals surface area contributed by atoms with Gasteiger partial charge in [-0.15, -0.1) is 12.4 Å². The summed E-state index contributed by atoms with van der Waals surface area (Å²) in [5, 5.41) is 7.41. The van der Waals surface area contributed by atoms with Crippen LogP contribution in [-0.2, 0) is 4.79 Å². The molecule has 1 saturated heterocycles. The third-order valence-electron chi connectivity index (χ3n) is 3.81. The van der Waals surface area contributed by atoms with Gasteiger partial charge in [0.05, 0.1) is 5.69 Å². The van der Waals surface area contributed by atoms with E-state index in [-0.39, 0.29) is 18.3 Å². The minimum absolute atomic E-state index is 0. The standard InChI is InChI=1S/C15H19N3O.ClH/c19-15(5-4-11-6-8-16-10-11)18-14-3-1-2-13-12(14)7-9-17-13;/h1-3,7,9,11,16-17H,4-6,8,10H2,(H,18,19);1H. The van der Waals surface area contributed by atoms with E-state index < -0.39 is 0 Å². The first-order valence-electron chi connectivity index (χ1n) is 6.89. The first-order valence-corrected chi connectivity index (χ1v) is 6.89. The fourth-order valence-corrected chi connectivity index (χ4v) is 2.70. The Morgan fingerprint density at radius 1 is 1.35 bits per heavy atom. The number of carbonyl (C=O) groups excluding carboxylic acids is 1. The van der Waals surface area contributed by atoms with Gasteiger partial charge in [-0.1, -0.05) is 6.07 Å². The van der Waals surface area contributed by atoms with E-state index in [0.29, 0.717) is 12.3 Å². The van der Waals surface area contributed by atoms with Gasteiger partial charge in [-0.2, -0.15) is 0 Å². The van der Waals surface area contributed by atoms with Gasteiger partial charge in [-0.25, -0.2) is 0 Å². The van der Waals surface area contributed by atoms with Crippen molar-refractivity contribution in [3.05, 3.63) is 30.5 Å². The van der Waals surface area contributed by atoms with Crippen LogP contribution >= 0.6 is 12.4 Å². The van der Waals surface area contributed by atoms with Crippen LogP contribution in [0.1, 0.15) is 19.3 Å². The number of carbonyl (C=O) groups is 1. The van der Waals surface area contributed by atoms with Crippen molar-refractivity contribution in [1.82, 2.24) is 10.3 Å². The van der Waals surface area contributed by atoms with Crippen molar-refractivity contribution < 1.29 is 4.79 Å². The molecule has 1 aliphatic heterocycles. The van der Waals surface area contributed by atoms with E-state index in [0.717, 1.165) is 36.1 Å². The Morgan fingerprint density at radius 3 is 3.05 bits per heavy atom. The van der Waals surface area contributed by atoms with E-state index in [1.165, 1.54) is 6.42 Å². The predicted molar refractivity (Wildman–Crippen MR) is 84.4 cm³/mol. The van der Waals surface area contributed by atoms with E-state index in [2.05, 4.69) is 15.6 Å². The number of hydrogen-bond acceptors (Lipinski definition) is 2. The number of benzene rings is 1. The Kier molecular flexibility index (Phi) is 5.04. The summed E-state index contributed by atoms with van der Waals surface area (Å²) in [6.45, 7) is 2.15. The van der Waals surface area contributed by atoms with Crippen LogP contribution in [0.15, 0.2) is 30.5 Å². The first-order chi connectivity index (χ1) is 9.33. The van der Waals surface area contributed by atoms with Gasteiger partial charge in [-0.05, 0) is 50.0 Å². The summed E-state index contributed by atoms with van der Waals surface area (Å²) in [5.74, 6) is 0.773. The molecule has 1 atom stereocenters. The van der Waals surface area contributed by atoms with Gasteiger partial charge in [0, 0.05) is 23.5 Å². The summed E-state index contributed by atoms with van der Waals surface area (Å²) in [5.41, 5.74) is 1.95. The third kappa shape index (κ3) is 3.32. The zero-order chi connectivity index (χ0) is 13.1. The van der Waals surface area contributed by atoms with Crippen molar-refractivity contribution in [2.45, 2.75) is 19.3 Å². The van der Waals surface area contributed by atoms with Crippen LogP contribution in [0, 0.1) is 5.92 Å². The van der Waals surface area contributed by atoms with Crippen molar-refractivity contribution in [2.75, 3.05) is 18.4 Å². The normalized spacial score (nSPS) is 17.9. The van der Waals surface area contributed by atoms with Crippen LogP contribution in [0.4, 0.5) is 5.69 Å². The topological polar surface area (TPSA) is 56.9 Å². The van der Waals surface area contributed by atoms with Gasteiger partial charge >= 0.3 is 0 Å². The van der Waals surface area contributed by atoms with Crippen LogP contribution in [0.2, 0.25) is 0 Å². The zero-order valence-corrected chi connectivity index (χ0v) is 12.1. The highest BCUT2D eigenvalue weighted by atomic mass is 35.5. The molecule has 1 aromatic heterocycles. The summed E-state index contributed by atoms with van der Waals surface area (Å²) in [4.78, 5) is 15.1. The van der Waals surface area contributed by atoms with Gasteiger partial charge in [0.25, 0.3) is 0 Å². The third-order valence-corrected chi connectivity index (χ3v) is 3.81. The molecule has 0 bridgehead atoms. The average Bonchev–Trinajstić information content (AvgIpc) is 3.08. The molecule has 1 fully saturated rings. The fourth-order valence-electron chi connectivity index (χ4n) is 2.70. The highest BCUT2D eigenvalue weighted by Crippen LogP contribution is 2.22. The lowest BCUT2D eigenvalue weighted by molar-refractivity contribution is -0.116. The molecule has 2 aromatic rings. The van der Waals surface area contributed by atoms with Crippen molar-refractivity contribution >= 4 is 34.9 Å². The number of H-pyrrole nitrogens is 1. The lowest BCUT2D eigenvalue weighted by atomic mass is 10.0. The molecular formula is C15H20ClN3O. The van der Waals surface area contributed by atoms with Gasteiger partial charge in [-0.3, -0.25) is 4.79 Å². The molecule has 3 rings (SSSR count). The summed E-state index contributed by atoms with van der Waals surface area (Å²) < 4.78 is 0. The smallest absolute Gasteiger partial charge is 0.224 e. The molecule has 1 unspecified atom stereocenters. The minimum Gasteiger partial charge on any atom is -0.361 e. The Hall–Kier alpha value is -1.52. The van der Waals surface area contributed by atoms with Crippen LogP contribution in [0.25, 0.3) is 10.9 Å². The molecule has 1 aliphatic rings. The molecule has 5 heteroatoms. The average molecular weight is 294 g/mol. The molecule has 0 radical (unpaired) electrons. The molecule has 0 saturated carbocycles. The Labute approximate surface area is 124 Å². The summed E-state index contributed by atoms with van der Waals surface area (Å²) in [6, 6.07) is 7.90. The summed E-state index contributed by atoms with van der Waals surface area (Å²) >= 11 is 0. The predicted octanol–water partition coefficient (Wildman–Crippen LogP) is 2.92. The van der Waals surface area contributed by atoms with E-state index in [4.69, 9.17) is 0 Å². The molecule has 20 heavy (non-hydrogen) atoms. The number of amides is 1.